The third kappa shape index (κ3) is 5.93. The lowest BCUT2D eigenvalue weighted by atomic mass is 9.95. The molecule has 4 aromatic rings. The highest BCUT2D eigenvalue weighted by Gasteiger charge is 2.16. The average Bonchev–Trinajstić information content (AvgIpc) is 2.96. The second-order valence-electron chi connectivity index (χ2n) is 8.46. The van der Waals surface area contributed by atoms with Crippen molar-refractivity contribution in [3.05, 3.63) is 101 Å². The van der Waals surface area contributed by atoms with Gasteiger partial charge in [-0.05, 0) is 72.0 Å². The largest absolute Gasteiger partial charge is 0.496 e. The molecule has 0 bridgehead atoms. The molecular weight excluding hydrogens is 468 g/mol. The molecule has 0 unspecified atom stereocenters. The number of rotatable bonds is 11. The number of carbonyl (C=O) groups is 1. The van der Waals surface area contributed by atoms with Crippen molar-refractivity contribution in [3.63, 3.8) is 0 Å². The fraction of sp³-hybridized carbons (Fsp3) is 0.194. The smallest absolute Gasteiger partial charge is 0.169 e. The molecular formula is C31H30O6. The van der Waals surface area contributed by atoms with Crippen LogP contribution in [-0.4, -0.2) is 32.7 Å². The molecule has 0 aliphatic carbocycles. The van der Waals surface area contributed by atoms with E-state index >= 15 is 0 Å². The van der Waals surface area contributed by atoms with Crippen LogP contribution in [0.3, 0.4) is 0 Å². The molecule has 0 spiro atoms. The molecule has 37 heavy (non-hydrogen) atoms. The Morgan fingerprint density at radius 1 is 0.703 bits per heavy atom. The Bertz CT molecular complexity index is 1340. The van der Waals surface area contributed by atoms with Gasteiger partial charge in [-0.3, -0.25) is 4.79 Å². The fourth-order valence-corrected chi connectivity index (χ4v) is 4.27. The van der Waals surface area contributed by atoms with Crippen LogP contribution in [-0.2, 0) is 19.4 Å². The Morgan fingerprint density at radius 2 is 1.41 bits per heavy atom. The quantitative estimate of drug-likeness (QED) is 0.246. The minimum atomic E-state index is -0.0908. The fourth-order valence-electron chi connectivity index (χ4n) is 4.27. The number of ether oxygens (including phenoxy) is 4. The number of aldehydes is 1. The van der Waals surface area contributed by atoms with Gasteiger partial charge in [-0.1, -0.05) is 36.4 Å². The van der Waals surface area contributed by atoms with Gasteiger partial charge in [0, 0.05) is 16.7 Å². The molecule has 0 aromatic heterocycles. The van der Waals surface area contributed by atoms with Crippen molar-refractivity contribution in [2.75, 3.05) is 21.3 Å². The average molecular weight is 499 g/mol. The van der Waals surface area contributed by atoms with Gasteiger partial charge in [0.25, 0.3) is 0 Å². The maximum absolute atomic E-state index is 11.1. The minimum absolute atomic E-state index is 0.0908. The summed E-state index contributed by atoms with van der Waals surface area (Å²) in [7, 11) is 4.83. The lowest BCUT2D eigenvalue weighted by Gasteiger charge is -2.17. The maximum atomic E-state index is 11.1. The lowest BCUT2D eigenvalue weighted by molar-refractivity contribution is 0.112. The van der Waals surface area contributed by atoms with E-state index in [2.05, 4.69) is 6.07 Å². The number of benzene rings is 4. The van der Waals surface area contributed by atoms with E-state index in [9.17, 15) is 9.90 Å². The van der Waals surface area contributed by atoms with Gasteiger partial charge in [0.05, 0.1) is 27.9 Å². The number of aliphatic hydroxyl groups is 1. The molecule has 6 heteroatoms. The molecule has 4 aromatic carbocycles. The first-order valence-corrected chi connectivity index (χ1v) is 11.9. The molecule has 1 N–H and O–H groups in total. The van der Waals surface area contributed by atoms with E-state index in [4.69, 9.17) is 18.9 Å². The maximum Gasteiger partial charge on any atom is 0.169 e. The molecule has 0 aliphatic rings. The number of hydrogen-bond donors (Lipinski definition) is 1. The number of aliphatic hydroxyl groups excluding tert-OH is 1. The van der Waals surface area contributed by atoms with Gasteiger partial charge in [0.15, 0.2) is 11.5 Å². The first-order chi connectivity index (χ1) is 18.1. The summed E-state index contributed by atoms with van der Waals surface area (Å²) < 4.78 is 22.6. The van der Waals surface area contributed by atoms with E-state index in [0.717, 1.165) is 52.7 Å². The summed E-state index contributed by atoms with van der Waals surface area (Å²) in [5, 5.41) is 9.85. The lowest BCUT2D eigenvalue weighted by Crippen LogP contribution is -1.98. The summed E-state index contributed by atoms with van der Waals surface area (Å²) in [5.74, 6) is 3.13. The van der Waals surface area contributed by atoms with Gasteiger partial charge >= 0.3 is 0 Å². The standard InChI is InChI=1S/C31H30O6/c1-34-27-16-12-23(19-32)18-30(27)37-25-13-9-21(10-14-25)7-8-22-11-15-26(29(17-22)36-3)31-24(20-33)5-4-6-28(31)35-2/h4-6,9-19,33H,7-8,20H2,1-3H3. The Labute approximate surface area is 217 Å². The first-order valence-electron chi connectivity index (χ1n) is 11.9. The minimum Gasteiger partial charge on any atom is -0.496 e. The van der Waals surface area contributed by atoms with E-state index in [1.807, 2.05) is 54.6 Å². The molecule has 0 fully saturated rings. The van der Waals surface area contributed by atoms with Crippen molar-refractivity contribution in [2.24, 2.45) is 0 Å². The van der Waals surface area contributed by atoms with Gasteiger partial charge in [0.1, 0.15) is 23.5 Å². The van der Waals surface area contributed by atoms with Crippen LogP contribution >= 0.6 is 0 Å². The number of carbonyl (C=O) groups excluding carboxylic acids is 1. The molecule has 4 rings (SSSR count). The molecule has 6 nitrogen and oxygen atoms in total. The second kappa shape index (κ2) is 12.1. The Morgan fingerprint density at radius 3 is 2.08 bits per heavy atom. The zero-order valence-corrected chi connectivity index (χ0v) is 21.2. The summed E-state index contributed by atoms with van der Waals surface area (Å²) in [6.45, 7) is -0.0908. The molecule has 0 radical (unpaired) electrons. The van der Waals surface area contributed by atoms with E-state index in [1.54, 1.807) is 39.5 Å². The SMILES string of the molecule is COc1ccc(C=O)cc1Oc1ccc(CCc2ccc(-c3c(CO)cccc3OC)c(OC)c2)cc1. The number of hydrogen-bond acceptors (Lipinski definition) is 6. The van der Waals surface area contributed by atoms with Gasteiger partial charge in [0.2, 0.25) is 0 Å². The van der Waals surface area contributed by atoms with Crippen molar-refractivity contribution in [2.45, 2.75) is 19.4 Å². The highest BCUT2D eigenvalue weighted by molar-refractivity contribution is 5.79. The molecule has 0 atom stereocenters. The number of aryl methyl sites for hydroxylation is 2. The van der Waals surface area contributed by atoms with Crippen LogP contribution in [0.5, 0.6) is 28.7 Å². The number of methoxy groups -OCH3 is 3. The van der Waals surface area contributed by atoms with Crippen LogP contribution < -0.4 is 18.9 Å². The first kappa shape index (κ1) is 25.8. The summed E-state index contributed by atoms with van der Waals surface area (Å²) in [6, 6.07) is 24.7. The predicted octanol–water partition coefficient (Wildman–Crippen LogP) is 6.26. The van der Waals surface area contributed by atoms with Crippen molar-refractivity contribution < 1.29 is 28.8 Å². The van der Waals surface area contributed by atoms with Gasteiger partial charge < -0.3 is 24.1 Å². The van der Waals surface area contributed by atoms with E-state index in [1.165, 1.54) is 0 Å². The highest BCUT2D eigenvalue weighted by Crippen LogP contribution is 2.39. The van der Waals surface area contributed by atoms with Crippen molar-refractivity contribution in [3.8, 4) is 39.9 Å². The third-order valence-electron chi connectivity index (χ3n) is 6.22. The summed E-state index contributed by atoms with van der Waals surface area (Å²) in [5.41, 5.74) is 5.31. The van der Waals surface area contributed by atoms with Crippen LogP contribution in [0.25, 0.3) is 11.1 Å². The van der Waals surface area contributed by atoms with Crippen molar-refractivity contribution in [1.29, 1.82) is 0 Å². The predicted molar refractivity (Wildman–Crippen MR) is 143 cm³/mol. The van der Waals surface area contributed by atoms with Crippen molar-refractivity contribution in [1.82, 2.24) is 0 Å². The van der Waals surface area contributed by atoms with Gasteiger partial charge in [-0.25, -0.2) is 0 Å². The van der Waals surface area contributed by atoms with Crippen LogP contribution in [0.15, 0.2) is 78.9 Å². The zero-order chi connectivity index (χ0) is 26.2. The van der Waals surface area contributed by atoms with Crippen molar-refractivity contribution >= 4 is 6.29 Å². The second-order valence-corrected chi connectivity index (χ2v) is 8.46. The highest BCUT2D eigenvalue weighted by atomic mass is 16.5. The van der Waals surface area contributed by atoms with Crippen LogP contribution in [0.4, 0.5) is 0 Å². The molecule has 0 saturated heterocycles. The van der Waals surface area contributed by atoms with Crippen LogP contribution in [0.2, 0.25) is 0 Å². The summed E-state index contributed by atoms with van der Waals surface area (Å²) in [4.78, 5) is 11.1. The molecule has 0 heterocycles. The van der Waals surface area contributed by atoms with E-state index in [-0.39, 0.29) is 6.61 Å². The monoisotopic (exact) mass is 498 g/mol. The third-order valence-corrected chi connectivity index (χ3v) is 6.22. The van der Waals surface area contributed by atoms with Crippen LogP contribution in [0, 0.1) is 0 Å². The Kier molecular flexibility index (Phi) is 8.44. The van der Waals surface area contributed by atoms with Crippen LogP contribution in [0.1, 0.15) is 27.0 Å². The zero-order valence-electron chi connectivity index (χ0n) is 21.2. The topological polar surface area (TPSA) is 74.2 Å². The van der Waals surface area contributed by atoms with Gasteiger partial charge in [-0.2, -0.15) is 0 Å². The molecule has 0 amide bonds. The van der Waals surface area contributed by atoms with Gasteiger partial charge in [-0.15, -0.1) is 0 Å². The Balaban J connectivity index is 1.48. The van der Waals surface area contributed by atoms with E-state index < -0.39 is 0 Å². The Hall–Kier alpha value is -4.29. The normalized spacial score (nSPS) is 10.6. The summed E-state index contributed by atoms with van der Waals surface area (Å²) in [6.07, 6.45) is 2.44. The van der Waals surface area contributed by atoms with E-state index in [0.29, 0.717) is 28.6 Å². The molecule has 190 valence electrons. The summed E-state index contributed by atoms with van der Waals surface area (Å²) >= 11 is 0. The molecule has 0 saturated carbocycles. The molecule has 0 aliphatic heterocycles.